The van der Waals surface area contributed by atoms with Crippen LogP contribution in [-0.4, -0.2) is 23.2 Å². The highest BCUT2D eigenvalue weighted by Crippen LogP contribution is 2.52. The Balaban J connectivity index is 1.55. The Morgan fingerprint density at radius 3 is 2.67 bits per heavy atom. The monoisotopic (exact) mass is 284 g/mol. The Morgan fingerprint density at radius 2 is 1.90 bits per heavy atom. The number of benzene rings is 1. The van der Waals surface area contributed by atoms with Crippen LogP contribution in [0.2, 0.25) is 0 Å². The minimum absolute atomic E-state index is 0.637. The fourth-order valence-corrected chi connectivity index (χ4v) is 4.44. The zero-order valence-electron chi connectivity index (χ0n) is 12.1. The molecule has 2 aliphatic carbocycles. The molecular formula is C17H20N2O2. The van der Waals surface area contributed by atoms with Gasteiger partial charge in [0, 0.05) is 24.5 Å². The van der Waals surface area contributed by atoms with E-state index in [9.17, 15) is 0 Å². The summed E-state index contributed by atoms with van der Waals surface area (Å²) in [4.78, 5) is 8.41. The quantitative estimate of drug-likeness (QED) is 0.870. The van der Waals surface area contributed by atoms with Gasteiger partial charge < -0.3 is 14.5 Å². The number of ether oxygens (including phenoxy) is 2. The smallest absolute Gasteiger partial charge is 0.163 e. The molecule has 0 radical (unpaired) electrons. The Morgan fingerprint density at radius 1 is 1.05 bits per heavy atom. The molecule has 4 nitrogen and oxygen atoms in total. The highest BCUT2D eigenvalue weighted by atomic mass is 16.5. The van der Waals surface area contributed by atoms with Gasteiger partial charge in [0.05, 0.1) is 24.2 Å². The maximum atomic E-state index is 5.77. The number of aromatic nitrogens is 2. The van der Waals surface area contributed by atoms with Gasteiger partial charge in [-0.25, -0.2) is 4.98 Å². The van der Waals surface area contributed by atoms with Crippen molar-refractivity contribution in [1.82, 2.24) is 9.97 Å². The third kappa shape index (κ3) is 1.84. The fraction of sp³-hybridized carbons (Fsp3) is 0.588. The second kappa shape index (κ2) is 4.39. The average molecular weight is 284 g/mol. The summed E-state index contributed by atoms with van der Waals surface area (Å²) in [7, 11) is 0. The van der Waals surface area contributed by atoms with Gasteiger partial charge in [0.2, 0.25) is 0 Å². The number of hydrogen-bond donors (Lipinski definition) is 1. The van der Waals surface area contributed by atoms with E-state index >= 15 is 0 Å². The molecule has 1 aromatic carbocycles. The lowest BCUT2D eigenvalue weighted by Crippen LogP contribution is -2.09. The number of rotatable bonds is 1. The molecule has 2 heterocycles. The third-order valence-electron chi connectivity index (χ3n) is 5.46. The molecule has 110 valence electrons. The van der Waals surface area contributed by atoms with Gasteiger partial charge in [0.1, 0.15) is 5.82 Å². The van der Waals surface area contributed by atoms with Crippen LogP contribution in [-0.2, 0) is 0 Å². The number of fused-ring (bicyclic) bond motifs is 4. The van der Waals surface area contributed by atoms with Crippen LogP contribution in [0.4, 0.5) is 0 Å². The van der Waals surface area contributed by atoms with E-state index in [1.54, 1.807) is 0 Å². The molecule has 2 fully saturated rings. The SMILES string of the molecule is c1c2c(cc3[nH]c(C4CC5CCC4C5)nc13)OCCCO2. The molecule has 1 aliphatic heterocycles. The average Bonchev–Trinajstić information content (AvgIpc) is 3.16. The molecule has 3 aliphatic rings. The first-order valence-electron chi connectivity index (χ1n) is 8.16. The molecular weight excluding hydrogens is 264 g/mol. The summed E-state index contributed by atoms with van der Waals surface area (Å²) in [5, 5.41) is 0. The molecule has 2 saturated carbocycles. The lowest BCUT2D eigenvalue weighted by molar-refractivity contribution is 0.297. The second-order valence-electron chi connectivity index (χ2n) is 6.77. The fourth-order valence-electron chi connectivity index (χ4n) is 4.44. The number of H-pyrrole nitrogens is 1. The molecule has 1 N–H and O–H groups in total. The second-order valence-corrected chi connectivity index (χ2v) is 6.77. The maximum absolute atomic E-state index is 5.77. The molecule has 21 heavy (non-hydrogen) atoms. The topological polar surface area (TPSA) is 47.1 Å². The van der Waals surface area contributed by atoms with Crippen LogP contribution in [0.5, 0.6) is 11.5 Å². The van der Waals surface area contributed by atoms with E-state index in [4.69, 9.17) is 14.5 Å². The van der Waals surface area contributed by atoms with Crippen molar-refractivity contribution in [3.05, 3.63) is 18.0 Å². The Hall–Kier alpha value is -1.71. The van der Waals surface area contributed by atoms with Crippen molar-refractivity contribution in [2.45, 2.75) is 38.0 Å². The Labute approximate surface area is 123 Å². The molecule has 1 aromatic heterocycles. The van der Waals surface area contributed by atoms with E-state index in [0.29, 0.717) is 5.92 Å². The molecule has 0 amide bonds. The van der Waals surface area contributed by atoms with Crippen molar-refractivity contribution >= 4 is 11.0 Å². The van der Waals surface area contributed by atoms with E-state index in [0.717, 1.165) is 54.0 Å². The minimum Gasteiger partial charge on any atom is -0.489 e. The van der Waals surface area contributed by atoms with E-state index in [2.05, 4.69) is 11.1 Å². The number of nitrogens with one attached hydrogen (secondary N) is 1. The van der Waals surface area contributed by atoms with Gasteiger partial charge >= 0.3 is 0 Å². The van der Waals surface area contributed by atoms with Gasteiger partial charge in [0.25, 0.3) is 0 Å². The number of nitrogens with zero attached hydrogens (tertiary/aromatic N) is 1. The number of hydrogen-bond acceptors (Lipinski definition) is 3. The van der Waals surface area contributed by atoms with Crippen LogP contribution >= 0.6 is 0 Å². The van der Waals surface area contributed by atoms with Crippen molar-refractivity contribution in [2.75, 3.05) is 13.2 Å². The Kier molecular flexibility index (Phi) is 2.49. The minimum atomic E-state index is 0.637. The molecule has 2 bridgehead atoms. The maximum Gasteiger partial charge on any atom is 0.163 e. The summed E-state index contributed by atoms with van der Waals surface area (Å²) >= 11 is 0. The third-order valence-corrected chi connectivity index (χ3v) is 5.46. The van der Waals surface area contributed by atoms with Gasteiger partial charge in [-0.2, -0.15) is 0 Å². The largest absolute Gasteiger partial charge is 0.489 e. The van der Waals surface area contributed by atoms with Gasteiger partial charge in [-0.1, -0.05) is 6.42 Å². The molecule has 4 heteroatoms. The normalized spacial score (nSPS) is 30.8. The summed E-state index contributed by atoms with van der Waals surface area (Å²) in [6.45, 7) is 1.45. The van der Waals surface area contributed by atoms with Crippen molar-refractivity contribution in [1.29, 1.82) is 0 Å². The highest BCUT2D eigenvalue weighted by molar-refractivity contribution is 5.80. The van der Waals surface area contributed by atoms with Crippen molar-refractivity contribution in [3.8, 4) is 11.5 Å². The van der Waals surface area contributed by atoms with Gasteiger partial charge in [-0.15, -0.1) is 0 Å². The van der Waals surface area contributed by atoms with E-state index < -0.39 is 0 Å². The summed E-state index contributed by atoms with van der Waals surface area (Å²) in [5.41, 5.74) is 2.09. The molecule has 2 aromatic rings. The first-order chi connectivity index (χ1) is 10.4. The summed E-state index contributed by atoms with van der Waals surface area (Å²) in [5.74, 6) is 5.29. The van der Waals surface area contributed by atoms with Crippen LogP contribution in [0.1, 0.15) is 43.8 Å². The summed E-state index contributed by atoms with van der Waals surface area (Å²) in [6, 6.07) is 4.09. The molecule has 5 rings (SSSR count). The number of aromatic amines is 1. The molecule has 3 atom stereocenters. The van der Waals surface area contributed by atoms with Crippen LogP contribution < -0.4 is 9.47 Å². The van der Waals surface area contributed by atoms with E-state index in [-0.39, 0.29) is 0 Å². The summed E-state index contributed by atoms with van der Waals surface area (Å²) in [6.07, 6.45) is 6.47. The van der Waals surface area contributed by atoms with E-state index in [1.807, 2.05) is 6.07 Å². The highest BCUT2D eigenvalue weighted by Gasteiger charge is 2.41. The van der Waals surface area contributed by atoms with Crippen LogP contribution in [0.15, 0.2) is 12.1 Å². The van der Waals surface area contributed by atoms with E-state index in [1.165, 1.54) is 31.5 Å². The summed E-state index contributed by atoms with van der Waals surface area (Å²) < 4.78 is 11.5. The predicted octanol–water partition coefficient (Wildman–Crippen LogP) is 3.63. The zero-order chi connectivity index (χ0) is 13.8. The van der Waals surface area contributed by atoms with Crippen molar-refractivity contribution in [2.24, 2.45) is 11.8 Å². The zero-order valence-corrected chi connectivity index (χ0v) is 12.1. The molecule has 0 saturated heterocycles. The molecule has 0 spiro atoms. The Bertz CT molecular complexity index is 650. The van der Waals surface area contributed by atoms with Crippen LogP contribution in [0.3, 0.4) is 0 Å². The van der Waals surface area contributed by atoms with Crippen LogP contribution in [0, 0.1) is 11.8 Å². The predicted molar refractivity (Wildman–Crippen MR) is 79.9 cm³/mol. The lowest BCUT2D eigenvalue weighted by atomic mass is 9.88. The van der Waals surface area contributed by atoms with Gasteiger partial charge in [-0.05, 0) is 31.1 Å². The van der Waals surface area contributed by atoms with Crippen molar-refractivity contribution in [3.63, 3.8) is 0 Å². The van der Waals surface area contributed by atoms with Gasteiger partial charge in [-0.3, -0.25) is 0 Å². The first kappa shape index (κ1) is 11.9. The molecule has 3 unspecified atom stereocenters. The standard InChI is InChI=1S/C17H20N2O2/c1-4-20-15-8-13-14(9-16(15)21-5-1)19-17(18-13)12-7-10-2-3-11(12)6-10/h8-12H,1-7H2,(H,18,19). The van der Waals surface area contributed by atoms with Crippen LogP contribution in [0.25, 0.3) is 11.0 Å². The number of imidazole rings is 1. The first-order valence-corrected chi connectivity index (χ1v) is 8.16. The lowest BCUT2D eigenvalue weighted by Gasteiger charge is -2.18. The van der Waals surface area contributed by atoms with Crippen molar-refractivity contribution < 1.29 is 9.47 Å². The van der Waals surface area contributed by atoms with Gasteiger partial charge in [0.15, 0.2) is 11.5 Å².